The van der Waals surface area contributed by atoms with E-state index in [9.17, 15) is 5.11 Å². The summed E-state index contributed by atoms with van der Waals surface area (Å²) >= 11 is 0. The summed E-state index contributed by atoms with van der Waals surface area (Å²) in [5.41, 5.74) is 2.97. The van der Waals surface area contributed by atoms with Gasteiger partial charge in [0.05, 0.1) is 20.8 Å². The molecule has 0 aliphatic rings. The van der Waals surface area contributed by atoms with Crippen molar-refractivity contribution < 1.29 is 14.6 Å². The number of rotatable bonds is 5. The lowest BCUT2D eigenvalue weighted by molar-refractivity contribution is 0.279. The normalized spacial score (nSPS) is 10.3. The van der Waals surface area contributed by atoms with Gasteiger partial charge in [-0.05, 0) is 23.3 Å². The Balaban J connectivity index is 2.42. The molecule has 3 heteroatoms. The molecule has 0 spiro atoms. The van der Waals surface area contributed by atoms with Crippen molar-refractivity contribution in [3.05, 3.63) is 59.2 Å². The molecule has 0 aliphatic heterocycles. The summed E-state index contributed by atoms with van der Waals surface area (Å²) in [7, 11) is 3.26. The summed E-state index contributed by atoms with van der Waals surface area (Å²) in [5.74, 6) is 1.49. The number of methoxy groups -OCH3 is 2. The van der Waals surface area contributed by atoms with Gasteiger partial charge in [-0.15, -0.1) is 0 Å². The monoisotopic (exact) mass is 258 g/mol. The Hall–Kier alpha value is -2.00. The van der Waals surface area contributed by atoms with E-state index in [1.807, 2.05) is 30.3 Å². The number of benzene rings is 2. The van der Waals surface area contributed by atoms with E-state index >= 15 is 0 Å². The van der Waals surface area contributed by atoms with Crippen molar-refractivity contribution in [1.82, 2.24) is 0 Å². The van der Waals surface area contributed by atoms with E-state index in [-0.39, 0.29) is 6.61 Å². The first-order chi connectivity index (χ1) is 9.28. The molecular formula is C16H18O3. The number of ether oxygens (including phenoxy) is 2. The van der Waals surface area contributed by atoms with Crippen LogP contribution in [-0.2, 0) is 13.0 Å². The van der Waals surface area contributed by atoms with Gasteiger partial charge in [0, 0.05) is 12.0 Å². The maximum atomic E-state index is 9.25. The molecule has 0 fully saturated rings. The Morgan fingerprint density at radius 2 is 1.47 bits per heavy atom. The first-order valence-electron chi connectivity index (χ1n) is 6.17. The second kappa shape index (κ2) is 6.25. The van der Waals surface area contributed by atoms with E-state index in [1.165, 1.54) is 5.56 Å². The van der Waals surface area contributed by atoms with E-state index in [1.54, 1.807) is 14.2 Å². The minimum atomic E-state index is -0.0294. The van der Waals surface area contributed by atoms with E-state index in [0.717, 1.165) is 29.0 Å². The molecule has 19 heavy (non-hydrogen) atoms. The standard InChI is InChI=1S/C16H18O3/c1-18-15-9-13(11-17)10-16(19-2)14(15)8-12-6-4-3-5-7-12/h3-7,9-10,17H,8,11H2,1-2H3. The molecule has 0 heterocycles. The number of hydrogen-bond acceptors (Lipinski definition) is 3. The van der Waals surface area contributed by atoms with Crippen LogP contribution in [0.5, 0.6) is 11.5 Å². The van der Waals surface area contributed by atoms with Gasteiger partial charge in [0.2, 0.25) is 0 Å². The first-order valence-corrected chi connectivity index (χ1v) is 6.17. The van der Waals surface area contributed by atoms with Crippen LogP contribution in [0, 0.1) is 0 Å². The van der Waals surface area contributed by atoms with Crippen LogP contribution in [0.1, 0.15) is 16.7 Å². The number of aliphatic hydroxyl groups excluding tert-OH is 1. The van der Waals surface area contributed by atoms with Crippen LogP contribution in [0.2, 0.25) is 0 Å². The summed E-state index contributed by atoms with van der Waals surface area (Å²) in [6, 6.07) is 13.8. The molecule has 0 saturated heterocycles. The van der Waals surface area contributed by atoms with E-state index in [2.05, 4.69) is 12.1 Å². The summed E-state index contributed by atoms with van der Waals surface area (Å²) in [4.78, 5) is 0. The van der Waals surface area contributed by atoms with E-state index < -0.39 is 0 Å². The van der Waals surface area contributed by atoms with Crippen molar-refractivity contribution in [3.8, 4) is 11.5 Å². The summed E-state index contributed by atoms with van der Waals surface area (Å²) in [6.45, 7) is -0.0294. The molecule has 0 unspecified atom stereocenters. The van der Waals surface area contributed by atoms with Crippen molar-refractivity contribution in [2.45, 2.75) is 13.0 Å². The molecule has 0 bridgehead atoms. The number of hydrogen-bond donors (Lipinski definition) is 1. The SMILES string of the molecule is COc1cc(CO)cc(OC)c1Cc1ccccc1. The van der Waals surface area contributed by atoms with Crippen LogP contribution in [0.15, 0.2) is 42.5 Å². The fourth-order valence-electron chi connectivity index (χ4n) is 2.10. The number of aliphatic hydroxyl groups is 1. The minimum absolute atomic E-state index is 0.0294. The van der Waals surface area contributed by atoms with Gasteiger partial charge in [-0.2, -0.15) is 0 Å². The Morgan fingerprint density at radius 3 is 1.95 bits per heavy atom. The van der Waals surface area contributed by atoms with Gasteiger partial charge in [0.1, 0.15) is 11.5 Å². The van der Waals surface area contributed by atoms with Gasteiger partial charge >= 0.3 is 0 Å². The highest BCUT2D eigenvalue weighted by Gasteiger charge is 2.12. The molecule has 100 valence electrons. The maximum Gasteiger partial charge on any atom is 0.126 e. The predicted octanol–water partition coefficient (Wildman–Crippen LogP) is 2.79. The third kappa shape index (κ3) is 3.06. The molecule has 0 saturated carbocycles. The zero-order valence-corrected chi connectivity index (χ0v) is 11.2. The molecule has 1 N–H and O–H groups in total. The topological polar surface area (TPSA) is 38.7 Å². The first kappa shape index (κ1) is 13.4. The third-order valence-corrected chi connectivity index (χ3v) is 3.07. The molecule has 0 amide bonds. The lowest BCUT2D eigenvalue weighted by Crippen LogP contribution is -2.00. The zero-order valence-electron chi connectivity index (χ0n) is 11.2. The lowest BCUT2D eigenvalue weighted by Gasteiger charge is -2.15. The van der Waals surface area contributed by atoms with Crippen molar-refractivity contribution in [3.63, 3.8) is 0 Å². The highest BCUT2D eigenvalue weighted by molar-refractivity contribution is 5.50. The van der Waals surface area contributed by atoms with Gasteiger partial charge in [-0.1, -0.05) is 30.3 Å². The smallest absolute Gasteiger partial charge is 0.126 e. The van der Waals surface area contributed by atoms with Crippen LogP contribution in [0.4, 0.5) is 0 Å². The Labute approximate surface area is 113 Å². The van der Waals surface area contributed by atoms with Gasteiger partial charge in [0.15, 0.2) is 0 Å². The second-order valence-corrected chi connectivity index (χ2v) is 4.30. The van der Waals surface area contributed by atoms with Crippen molar-refractivity contribution in [2.75, 3.05) is 14.2 Å². The quantitative estimate of drug-likeness (QED) is 0.896. The molecule has 0 aliphatic carbocycles. The van der Waals surface area contributed by atoms with Crippen LogP contribution in [-0.4, -0.2) is 19.3 Å². The highest BCUT2D eigenvalue weighted by atomic mass is 16.5. The average molecular weight is 258 g/mol. The van der Waals surface area contributed by atoms with Crippen LogP contribution in [0.3, 0.4) is 0 Å². The molecule has 0 atom stereocenters. The fraction of sp³-hybridized carbons (Fsp3) is 0.250. The van der Waals surface area contributed by atoms with Gasteiger partial charge in [-0.3, -0.25) is 0 Å². The Morgan fingerprint density at radius 1 is 0.895 bits per heavy atom. The minimum Gasteiger partial charge on any atom is -0.496 e. The summed E-state index contributed by atoms with van der Waals surface area (Å²) in [6.07, 6.45) is 0.735. The van der Waals surface area contributed by atoms with Crippen molar-refractivity contribution in [1.29, 1.82) is 0 Å². The maximum absolute atomic E-state index is 9.25. The molecule has 0 radical (unpaired) electrons. The molecular weight excluding hydrogens is 240 g/mol. The third-order valence-electron chi connectivity index (χ3n) is 3.07. The Bertz CT molecular complexity index is 510. The molecule has 0 aromatic heterocycles. The average Bonchev–Trinajstić information content (AvgIpc) is 2.48. The van der Waals surface area contributed by atoms with Gasteiger partial charge < -0.3 is 14.6 Å². The second-order valence-electron chi connectivity index (χ2n) is 4.30. The van der Waals surface area contributed by atoms with Crippen LogP contribution in [0.25, 0.3) is 0 Å². The van der Waals surface area contributed by atoms with E-state index in [0.29, 0.717) is 0 Å². The molecule has 2 aromatic carbocycles. The largest absolute Gasteiger partial charge is 0.496 e. The molecule has 2 aromatic rings. The van der Waals surface area contributed by atoms with Crippen LogP contribution >= 0.6 is 0 Å². The highest BCUT2D eigenvalue weighted by Crippen LogP contribution is 2.32. The molecule has 2 rings (SSSR count). The lowest BCUT2D eigenvalue weighted by atomic mass is 10.0. The fourth-order valence-corrected chi connectivity index (χ4v) is 2.10. The van der Waals surface area contributed by atoms with E-state index in [4.69, 9.17) is 9.47 Å². The van der Waals surface area contributed by atoms with Crippen molar-refractivity contribution in [2.24, 2.45) is 0 Å². The zero-order chi connectivity index (χ0) is 13.7. The van der Waals surface area contributed by atoms with Gasteiger partial charge in [0.25, 0.3) is 0 Å². The van der Waals surface area contributed by atoms with Gasteiger partial charge in [-0.25, -0.2) is 0 Å². The molecule has 3 nitrogen and oxygen atoms in total. The van der Waals surface area contributed by atoms with Crippen LogP contribution < -0.4 is 9.47 Å². The summed E-state index contributed by atoms with van der Waals surface area (Å²) < 4.78 is 10.8. The van der Waals surface area contributed by atoms with Crippen molar-refractivity contribution >= 4 is 0 Å². The predicted molar refractivity (Wildman–Crippen MR) is 74.7 cm³/mol. The summed E-state index contributed by atoms with van der Waals surface area (Å²) in [5, 5.41) is 9.25. The Kier molecular flexibility index (Phi) is 4.42.